The minimum absolute atomic E-state index is 0.0637. The number of oxime groups is 1. The number of aryl methyl sites for hydroxylation is 2. The van der Waals surface area contributed by atoms with Crippen LogP contribution in [0.25, 0.3) is 11.1 Å². The van der Waals surface area contributed by atoms with E-state index in [1.807, 2.05) is 42.1 Å². The largest absolute Gasteiger partial charge is 0.485 e. The SMILES string of the molecule is C[n+]1cc(-c2ccc3c(c2)CC[C@H](C(C)(O/N=C(\C(=O)NC2C(=O)N(OS(=O)(=O)O)C2(C)C)c2csc(N)n2)C(=O)O)O3)ccc1NCCN. The van der Waals surface area contributed by atoms with Crippen LogP contribution in [0.3, 0.4) is 0 Å². The highest BCUT2D eigenvalue weighted by molar-refractivity contribution is 7.80. The van der Waals surface area contributed by atoms with Crippen LogP contribution in [0.15, 0.2) is 47.1 Å². The number of carbonyl (C=O) groups excluding carboxylic acids is 2. The number of hydrogen-bond donors (Lipinski definition) is 6. The number of carbonyl (C=O) groups is 3. The van der Waals surface area contributed by atoms with Crippen LogP contribution in [-0.4, -0.2) is 88.0 Å². The molecule has 8 N–H and O–H groups in total. The Morgan fingerprint density at radius 2 is 2.00 bits per heavy atom. The Hall–Kier alpha value is -4.89. The van der Waals surface area contributed by atoms with Gasteiger partial charge in [-0.3, -0.25) is 19.5 Å². The molecular weight excluding hydrogens is 697 g/mol. The standard InChI is InChI=1S/C30H36N8O10S2/c1-29(2)24(26(40)38(29)48-50(43,44)45)35-25(39)23(19-15-49-28(32)34-19)36-47-30(3,27(41)42)21-9-6-17-13-16(5-8-20(17)46-21)18-7-10-22(33-12-11-31)37(4)14-18/h5,7-8,10,13-15,21,24H,6,9,11-12,31H2,1-4H3,(H5,32,34,35,39,41,42,43,44,45)/p+1/b36-23-/t21-,24?,30?/m1/s1. The number of hydrogen-bond acceptors (Lipinski definition) is 14. The van der Waals surface area contributed by atoms with Crippen LogP contribution in [0.1, 0.15) is 38.4 Å². The van der Waals surface area contributed by atoms with Gasteiger partial charge in [0, 0.05) is 23.6 Å². The zero-order chi connectivity index (χ0) is 36.6. The van der Waals surface area contributed by atoms with Gasteiger partial charge >= 0.3 is 16.4 Å². The van der Waals surface area contributed by atoms with Crippen LogP contribution in [0.5, 0.6) is 5.75 Å². The van der Waals surface area contributed by atoms with E-state index in [1.54, 1.807) is 6.07 Å². The molecule has 2 aromatic heterocycles. The lowest BCUT2D eigenvalue weighted by molar-refractivity contribution is -0.656. The lowest BCUT2D eigenvalue weighted by Crippen LogP contribution is -2.76. The van der Waals surface area contributed by atoms with E-state index in [0.717, 1.165) is 33.8 Å². The predicted octanol–water partition coefficient (Wildman–Crippen LogP) is 0.385. The Bertz CT molecular complexity index is 1970. The van der Waals surface area contributed by atoms with Crippen molar-refractivity contribution < 1.29 is 50.9 Å². The van der Waals surface area contributed by atoms with E-state index in [2.05, 4.69) is 25.1 Å². The molecule has 1 saturated heterocycles. The number of nitrogen functional groups attached to an aromatic ring is 1. The second kappa shape index (κ2) is 13.8. The molecule has 0 aliphatic carbocycles. The van der Waals surface area contributed by atoms with Gasteiger partial charge in [-0.05, 0) is 62.9 Å². The van der Waals surface area contributed by atoms with Crippen molar-refractivity contribution in [2.24, 2.45) is 17.9 Å². The first-order chi connectivity index (χ1) is 23.4. The number of ether oxygens (including phenoxy) is 1. The number of carboxylic acids is 1. The number of carboxylic acid groups (broad SMARTS) is 1. The number of amides is 2. The fourth-order valence-electron chi connectivity index (χ4n) is 5.51. The molecule has 2 unspecified atom stereocenters. The molecule has 5 rings (SSSR count). The van der Waals surface area contributed by atoms with Gasteiger partial charge in [-0.1, -0.05) is 11.2 Å². The van der Waals surface area contributed by atoms with Crippen LogP contribution < -0.4 is 31.4 Å². The van der Waals surface area contributed by atoms with Crippen molar-refractivity contribution in [1.29, 1.82) is 0 Å². The van der Waals surface area contributed by atoms with Gasteiger partial charge in [0.05, 0.1) is 25.3 Å². The first-order valence-electron chi connectivity index (χ1n) is 15.2. The molecule has 0 spiro atoms. The molecule has 3 aromatic rings. The average Bonchev–Trinajstić information content (AvgIpc) is 3.49. The molecule has 2 amide bonds. The third-order valence-electron chi connectivity index (χ3n) is 8.39. The predicted molar refractivity (Wildman–Crippen MR) is 179 cm³/mol. The molecule has 1 fully saturated rings. The number of pyridine rings is 1. The molecule has 18 nitrogen and oxygen atoms in total. The Morgan fingerprint density at radius 3 is 2.60 bits per heavy atom. The number of rotatable bonds is 13. The summed E-state index contributed by atoms with van der Waals surface area (Å²) >= 11 is 0.970. The number of aliphatic carboxylic acids is 1. The maximum atomic E-state index is 13.5. The Kier molecular flexibility index (Phi) is 10.0. The number of benzene rings is 1. The molecule has 20 heteroatoms. The summed E-state index contributed by atoms with van der Waals surface area (Å²) in [5.41, 5.74) is 10.0. The summed E-state index contributed by atoms with van der Waals surface area (Å²) in [6.07, 6.45) is 1.61. The Balaban J connectivity index is 1.36. The lowest BCUT2D eigenvalue weighted by atomic mass is 9.84. The van der Waals surface area contributed by atoms with Gasteiger partial charge in [-0.2, -0.15) is 13.5 Å². The van der Waals surface area contributed by atoms with Crippen molar-refractivity contribution in [2.45, 2.75) is 56.9 Å². The molecular formula is C30H37N8O10S2+. The van der Waals surface area contributed by atoms with Crippen molar-refractivity contribution in [3.05, 3.63) is 53.2 Å². The maximum Gasteiger partial charge on any atom is 0.418 e. The number of aromatic nitrogens is 2. The molecule has 50 heavy (non-hydrogen) atoms. The summed E-state index contributed by atoms with van der Waals surface area (Å²) in [6.45, 7) is 5.15. The summed E-state index contributed by atoms with van der Waals surface area (Å²) in [5.74, 6) is -2.05. The van der Waals surface area contributed by atoms with Crippen molar-refractivity contribution in [3.8, 4) is 16.9 Å². The van der Waals surface area contributed by atoms with E-state index in [4.69, 9.17) is 25.6 Å². The van der Waals surface area contributed by atoms with Gasteiger partial charge in [-0.15, -0.1) is 15.6 Å². The topological polar surface area (TPSA) is 262 Å². The van der Waals surface area contributed by atoms with Crippen molar-refractivity contribution in [3.63, 3.8) is 0 Å². The average molecular weight is 734 g/mol. The highest BCUT2D eigenvalue weighted by Gasteiger charge is 2.58. The second-order valence-electron chi connectivity index (χ2n) is 12.3. The van der Waals surface area contributed by atoms with Gasteiger partial charge in [-0.25, -0.2) is 14.3 Å². The molecule has 2 aliphatic heterocycles. The number of nitrogens with one attached hydrogen (secondary N) is 2. The number of nitrogens with two attached hydrogens (primary N) is 2. The van der Waals surface area contributed by atoms with E-state index in [-0.39, 0.29) is 17.2 Å². The van der Waals surface area contributed by atoms with Crippen LogP contribution in [0.2, 0.25) is 0 Å². The van der Waals surface area contributed by atoms with Gasteiger partial charge in [0.1, 0.15) is 17.5 Å². The first-order valence-corrected chi connectivity index (χ1v) is 17.5. The van der Waals surface area contributed by atoms with Crippen molar-refractivity contribution in [2.75, 3.05) is 24.1 Å². The smallest absolute Gasteiger partial charge is 0.418 e. The highest BCUT2D eigenvalue weighted by atomic mass is 32.3. The summed E-state index contributed by atoms with van der Waals surface area (Å²) in [4.78, 5) is 48.5. The number of nitrogens with zero attached hydrogens (tertiary/aromatic N) is 4. The third-order valence-corrected chi connectivity index (χ3v) is 9.40. The minimum atomic E-state index is -5.03. The molecule has 0 saturated carbocycles. The number of hydroxylamine groups is 2. The highest BCUT2D eigenvalue weighted by Crippen LogP contribution is 2.37. The van der Waals surface area contributed by atoms with Gasteiger partial charge in [0.25, 0.3) is 23.2 Å². The molecule has 2 aliphatic rings. The second-order valence-corrected chi connectivity index (χ2v) is 14.2. The molecule has 3 atom stereocenters. The normalized spacial score (nSPS) is 19.8. The molecule has 4 heterocycles. The monoisotopic (exact) mass is 733 g/mol. The Morgan fingerprint density at radius 1 is 1.28 bits per heavy atom. The van der Waals surface area contributed by atoms with Crippen LogP contribution >= 0.6 is 11.3 Å². The third kappa shape index (κ3) is 7.33. The number of thiazole rings is 1. The number of β-lactam (4-membered cyclic amide) rings is 1. The van der Waals surface area contributed by atoms with E-state index in [0.29, 0.717) is 30.3 Å². The van der Waals surface area contributed by atoms with Crippen LogP contribution in [0, 0.1) is 0 Å². The van der Waals surface area contributed by atoms with Crippen molar-refractivity contribution >= 4 is 56.2 Å². The van der Waals surface area contributed by atoms with Crippen molar-refractivity contribution in [1.82, 2.24) is 15.4 Å². The Labute approximate surface area is 290 Å². The molecule has 0 radical (unpaired) electrons. The van der Waals surface area contributed by atoms with E-state index >= 15 is 0 Å². The number of fused-ring (bicyclic) bond motifs is 1. The van der Waals surface area contributed by atoms with Gasteiger partial charge in [0.2, 0.25) is 0 Å². The molecule has 0 bridgehead atoms. The van der Waals surface area contributed by atoms with Gasteiger partial charge < -0.3 is 31.5 Å². The molecule has 1 aromatic carbocycles. The summed E-state index contributed by atoms with van der Waals surface area (Å²) in [6, 6.07) is 8.20. The zero-order valence-electron chi connectivity index (χ0n) is 27.4. The summed E-state index contributed by atoms with van der Waals surface area (Å²) in [7, 11) is -3.11. The fraction of sp³-hybridized carbons (Fsp3) is 0.400. The fourth-order valence-corrected chi connectivity index (χ4v) is 6.52. The van der Waals surface area contributed by atoms with Gasteiger partial charge in [0.15, 0.2) is 16.9 Å². The maximum absolute atomic E-state index is 13.5. The number of anilines is 2. The zero-order valence-corrected chi connectivity index (χ0v) is 29.1. The molecule has 268 valence electrons. The van der Waals surface area contributed by atoms with E-state index in [1.165, 1.54) is 26.2 Å². The summed E-state index contributed by atoms with van der Waals surface area (Å²) < 4.78 is 43.8. The van der Waals surface area contributed by atoms with Crippen LogP contribution in [0.4, 0.5) is 10.9 Å². The summed E-state index contributed by atoms with van der Waals surface area (Å²) in [5, 5.41) is 21.7. The lowest BCUT2D eigenvalue weighted by Gasteiger charge is -2.50. The quantitative estimate of drug-likeness (QED) is 0.0457. The van der Waals surface area contributed by atoms with Crippen LogP contribution in [-0.2, 0) is 47.4 Å². The first kappa shape index (κ1) is 36.4. The van der Waals surface area contributed by atoms with E-state index < -0.39 is 57.2 Å². The van der Waals surface area contributed by atoms with E-state index in [9.17, 15) is 27.9 Å². The minimum Gasteiger partial charge on any atom is -0.485 e.